The summed E-state index contributed by atoms with van der Waals surface area (Å²) in [5, 5.41) is 2.53. The number of carbonyl (C=O) groups excluding carboxylic acids is 1. The lowest BCUT2D eigenvalue weighted by molar-refractivity contribution is 0.101. The number of nitrogens with one attached hydrogen (secondary N) is 1. The van der Waals surface area contributed by atoms with Crippen LogP contribution >= 0.6 is 0 Å². The summed E-state index contributed by atoms with van der Waals surface area (Å²) in [6.07, 6.45) is 0. The third-order valence-corrected chi connectivity index (χ3v) is 2.80. The van der Waals surface area contributed by atoms with Crippen molar-refractivity contribution in [3.8, 4) is 5.75 Å². The van der Waals surface area contributed by atoms with Gasteiger partial charge in [0.15, 0.2) is 0 Å². The van der Waals surface area contributed by atoms with Gasteiger partial charge in [-0.25, -0.2) is 4.39 Å². The van der Waals surface area contributed by atoms with E-state index in [0.29, 0.717) is 24.5 Å². The molecule has 0 fully saturated rings. The highest BCUT2D eigenvalue weighted by molar-refractivity contribution is 6.06. The molecule has 2 aromatic carbocycles. The molecule has 0 aliphatic carbocycles. The average Bonchev–Trinajstić information content (AvgIpc) is 2.50. The van der Waals surface area contributed by atoms with Gasteiger partial charge in [0.2, 0.25) is 0 Å². The molecule has 4 nitrogen and oxygen atoms in total. The number of anilines is 1. The molecule has 21 heavy (non-hydrogen) atoms. The molecule has 0 radical (unpaired) electrons. The standard InChI is InChI=1S/C16H16FNO3/c1-20-10-11-21-15-9-5-2-6-12(15)16(19)18-14-8-4-3-7-13(14)17/h2-9H,10-11H2,1H3,(H,18,19). The number of para-hydroxylation sites is 2. The Morgan fingerprint density at radius 1 is 1.10 bits per heavy atom. The van der Waals surface area contributed by atoms with Crippen LogP contribution in [0, 0.1) is 5.82 Å². The minimum Gasteiger partial charge on any atom is -0.490 e. The summed E-state index contributed by atoms with van der Waals surface area (Å²) < 4.78 is 23.9. The number of amides is 1. The van der Waals surface area contributed by atoms with Gasteiger partial charge in [-0.15, -0.1) is 0 Å². The Balaban J connectivity index is 2.13. The summed E-state index contributed by atoms with van der Waals surface area (Å²) in [6.45, 7) is 0.754. The molecule has 0 atom stereocenters. The molecule has 1 N–H and O–H groups in total. The number of benzene rings is 2. The lowest BCUT2D eigenvalue weighted by atomic mass is 10.2. The molecule has 1 amide bonds. The van der Waals surface area contributed by atoms with Crippen molar-refractivity contribution in [2.24, 2.45) is 0 Å². The SMILES string of the molecule is COCCOc1ccccc1C(=O)Nc1ccccc1F. The number of halogens is 1. The molecule has 0 saturated heterocycles. The predicted octanol–water partition coefficient (Wildman–Crippen LogP) is 3.10. The summed E-state index contributed by atoms with van der Waals surface area (Å²) in [4.78, 5) is 12.2. The summed E-state index contributed by atoms with van der Waals surface area (Å²) >= 11 is 0. The van der Waals surface area contributed by atoms with Crippen LogP contribution in [0.25, 0.3) is 0 Å². The molecule has 110 valence electrons. The smallest absolute Gasteiger partial charge is 0.259 e. The molecule has 2 rings (SSSR count). The second-order valence-corrected chi connectivity index (χ2v) is 4.27. The summed E-state index contributed by atoms with van der Waals surface area (Å²) in [7, 11) is 1.57. The minimum absolute atomic E-state index is 0.134. The third kappa shape index (κ3) is 4.03. The Morgan fingerprint density at radius 3 is 2.57 bits per heavy atom. The first-order chi connectivity index (χ1) is 10.2. The Hall–Kier alpha value is -2.40. The highest BCUT2D eigenvalue weighted by atomic mass is 19.1. The predicted molar refractivity (Wildman–Crippen MR) is 78.2 cm³/mol. The molecule has 0 saturated carbocycles. The first-order valence-corrected chi connectivity index (χ1v) is 6.49. The van der Waals surface area contributed by atoms with Crippen LogP contribution in [-0.2, 0) is 4.74 Å². The Labute approximate surface area is 122 Å². The second-order valence-electron chi connectivity index (χ2n) is 4.27. The Morgan fingerprint density at radius 2 is 1.81 bits per heavy atom. The van der Waals surface area contributed by atoms with Crippen LogP contribution < -0.4 is 10.1 Å². The van der Waals surface area contributed by atoms with Gasteiger partial charge >= 0.3 is 0 Å². The number of hydrogen-bond acceptors (Lipinski definition) is 3. The van der Waals surface area contributed by atoms with E-state index in [4.69, 9.17) is 9.47 Å². The van der Waals surface area contributed by atoms with Gasteiger partial charge < -0.3 is 14.8 Å². The van der Waals surface area contributed by atoms with E-state index >= 15 is 0 Å². The van der Waals surface area contributed by atoms with Crippen LogP contribution in [0.4, 0.5) is 10.1 Å². The average molecular weight is 289 g/mol. The highest BCUT2D eigenvalue weighted by Gasteiger charge is 2.13. The fraction of sp³-hybridized carbons (Fsp3) is 0.188. The molecular weight excluding hydrogens is 273 g/mol. The minimum atomic E-state index is -0.483. The Kier molecular flexibility index (Phi) is 5.29. The van der Waals surface area contributed by atoms with E-state index in [2.05, 4.69) is 5.32 Å². The van der Waals surface area contributed by atoms with E-state index in [1.54, 1.807) is 43.5 Å². The first-order valence-electron chi connectivity index (χ1n) is 6.49. The van der Waals surface area contributed by atoms with Gasteiger partial charge in [-0.1, -0.05) is 24.3 Å². The second kappa shape index (κ2) is 7.40. The van der Waals surface area contributed by atoms with Crippen molar-refractivity contribution in [2.75, 3.05) is 25.6 Å². The quantitative estimate of drug-likeness (QED) is 0.831. The van der Waals surface area contributed by atoms with Gasteiger partial charge in [0, 0.05) is 7.11 Å². The van der Waals surface area contributed by atoms with Crippen molar-refractivity contribution in [3.05, 3.63) is 59.9 Å². The van der Waals surface area contributed by atoms with Crippen LogP contribution in [0.2, 0.25) is 0 Å². The van der Waals surface area contributed by atoms with Gasteiger partial charge in [-0.3, -0.25) is 4.79 Å². The number of carbonyl (C=O) groups is 1. The molecule has 0 aliphatic rings. The molecule has 0 aliphatic heterocycles. The van der Waals surface area contributed by atoms with Crippen LogP contribution in [-0.4, -0.2) is 26.2 Å². The largest absolute Gasteiger partial charge is 0.490 e. The van der Waals surface area contributed by atoms with Gasteiger partial charge in [-0.05, 0) is 24.3 Å². The maximum Gasteiger partial charge on any atom is 0.259 e. The van der Waals surface area contributed by atoms with E-state index in [-0.39, 0.29) is 5.69 Å². The van der Waals surface area contributed by atoms with Gasteiger partial charge in [0.1, 0.15) is 18.2 Å². The van der Waals surface area contributed by atoms with Crippen molar-refractivity contribution < 1.29 is 18.7 Å². The Bertz CT molecular complexity index is 616. The lowest BCUT2D eigenvalue weighted by Crippen LogP contribution is -2.15. The molecule has 0 aromatic heterocycles. The summed E-state index contributed by atoms with van der Waals surface area (Å²) in [5.74, 6) is -0.472. The third-order valence-electron chi connectivity index (χ3n) is 2.80. The van der Waals surface area contributed by atoms with Crippen molar-refractivity contribution in [1.82, 2.24) is 0 Å². The topological polar surface area (TPSA) is 47.6 Å². The highest BCUT2D eigenvalue weighted by Crippen LogP contribution is 2.20. The van der Waals surface area contributed by atoms with Crippen molar-refractivity contribution >= 4 is 11.6 Å². The van der Waals surface area contributed by atoms with Crippen molar-refractivity contribution in [2.45, 2.75) is 0 Å². The number of hydrogen-bond donors (Lipinski definition) is 1. The number of ether oxygens (including phenoxy) is 2. The monoisotopic (exact) mass is 289 g/mol. The van der Waals surface area contributed by atoms with E-state index < -0.39 is 11.7 Å². The maximum atomic E-state index is 13.6. The molecule has 0 bridgehead atoms. The molecule has 0 heterocycles. The number of rotatable bonds is 6. The molecular formula is C16H16FNO3. The van der Waals surface area contributed by atoms with Crippen molar-refractivity contribution in [3.63, 3.8) is 0 Å². The lowest BCUT2D eigenvalue weighted by Gasteiger charge is -2.11. The zero-order valence-electron chi connectivity index (χ0n) is 11.6. The van der Waals surface area contributed by atoms with E-state index in [9.17, 15) is 9.18 Å². The number of methoxy groups -OCH3 is 1. The first kappa shape index (κ1) is 15.0. The van der Waals surface area contributed by atoms with Crippen LogP contribution in [0.15, 0.2) is 48.5 Å². The molecule has 5 heteroatoms. The van der Waals surface area contributed by atoms with Crippen LogP contribution in [0.5, 0.6) is 5.75 Å². The maximum absolute atomic E-state index is 13.6. The summed E-state index contributed by atoms with van der Waals surface area (Å²) in [6, 6.07) is 12.8. The fourth-order valence-electron chi connectivity index (χ4n) is 1.77. The van der Waals surface area contributed by atoms with Crippen LogP contribution in [0.1, 0.15) is 10.4 Å². The summed E-state index contributed by atoms with van der Waals surface area (Å²) in [5.41, 5.74) is 0.478. The normalized spacial score (nSPS) is 10.2. The van der Waals surface area contributed by atoms with Crippen LogP contribution in [0.3, 0.4) is 0 Å². The van der Waals surface area contributed by atoms with E-state index in [1.807, 2.05) is 0 Å². The zero-order valence-corrected chi connectivity index (χ0v) is 11.6. The van der Waals surface area contributed by atoms with Gasteiger partial charge in [0.25, 0.3) is 5.91 Å². The van der Waals surface area contributed by atoms with Gasteiger partial charge in [-0.2, -0.15) is 0 Å². The van der Waals surface area contributed by atoms with Crippen molar-refractivity contribution in [1.29, 1.82) is 0 Å². The van der Waals surface area contributed by atoms with E-state index in [0.717, 1.165) is 0 Å². The zero-order chi connectivity index (χ0) is 15.1. The molecule has 0 spiro atoms. The molecule has 0 unspecified atom stereocenters. The van der Waals surface area contributed by atoms with E-state index in [1.165, 1.54) is 12.1 Å². The fourth-order valence-corrected chi connectivity index (χ4v) is 1.77. The molecule has 2 aromatic rings. The van der Waals surface area contributed by atoms with Gasteiger partial charge in [0.05, 0.1) is 17.9 Å².